The second kappa shape index (κ2) is 14.4. The fourth-order valence-electron chi connectivity index (χ4n) is 6.00. The Balaban J connectivity index is 1.45. The number of hydrogen-bond acceptors (Lipinski definition) is 8. The molecule has 2 heterocycles. The first-order valence-corrected chi connectivity index (χ1v) is 15.9. The van der Waals surface area contributed by atoms with Crippen molar-refractivity contribution in [3.05, 3.63) is 84.4 Å². The van der Waals surface area contributed by atoms with E-state index in [1.54, 1.807) is 18.1 Å². The first-order valence-electron chi connectivity index (χ1n) is 15.9. The zero-order valence-corrected chi connectivity index (χ0v) is 27.8. The molecule has 0 radical (unpaired) electrons. The smallest absolute Gasteiger partial charge is 0.410 e. The van der Waals surface area contributed by atoms with Gasteiger partial charge in [-0.2, -0.15) is 0 Å². The van der Waals surface area contributed by atoms with Gasteiger partial charge < -0.3 is 38.1 Å². The number of piperidine rings is 1. The van der Waals surface area contributed by atoms with E-state index in [9.17, 15) is 4.79 Å². The van der Waals surface area contributed by atoms with Crippen LogP contribution >= 0.6 is 0 Å². The Hall–Kier alpha value is -3.63. The Morgan fingerprint density at radius 3 is 2.41 bits per heavy atom. The quantitative estimate of drug-likeness (QED) is 0.212. The number of methoxy groups -OCH3 is 1. The molecule has 46 heavy (non-hydrogen) atoms. The average Bonchev–Trinajstić information content (AvgIpc) is 3.38. The lowest BCUT2D eigenvalue weighted by Gasteiger charge is -2.44. The third-order valence-electron chi connectivity index (χ3n) is 8.02. The molecule has 2 saturated heterocycles. The lowest BCUT2D eigenvalue weighted by molar-refractivity contribution is -0.154. The molecule has 0 bridgehead atoms. The van der Waals surface area contributed by atoms with Gasteiger partial charge in [0, 0.05) is 11.3 Å². The molecule has 5 rings (SSSR count). The molecule has 9 heteroatoms. The van der Waals surface area contributed by atoms with Crippen molar-refractivity contribution in [2.24, 2.45) is 0 Å². The van der Waals surface area contributed by atoms with E-state index in [2.05, 4.69) is 18.7 Å². The fourth-order valence-corrected chi connectivity index (χ4v) is 6.00. The monoisotopic (exact) mass is 633 g/mol. The van der Waals surface area contributed by atoms with Gasteiger partial charge in [0.1, 0.15) is 29.8 Å². The third-order valence-corrected chi connectivity index (χ3v) is 8.02. The first-order chi connectivity index (χ1) is 21.9. The van der Waals surface area contributed by atoms with Gasteiger partial charge in [-0.15, -0.1) is 0 Å². The van der Waals surface area contributed by atoms with Crippen LogP contribution in [0.1, 0.15) is 51.7 Å². The number of fused-ring (bicyclic) bond motifs is 1. The summed E-state index contributed by atoms with van der Waals surface area (Å²) in [7, 11) is 1.67. The van der Waals surface area contributed by atoms with E-state index in [-0.39, 0.29) is 12.0 Å². The lowest BCUT2D eigenvalue weighted by Crippen LogP contribution is -2.55. The summed E-state index contributed by atoms with van der Waals surface area (Å²) in [6.45, 7) is 15.2. The highest BCUT2D eigenvalue weighted by Gasteiger charge is 2.43. The van der Waals surface area contributed by atoms with Gasteiger partial charge in [0.2, 0.25) is 0 Å². The predicted octanol–water partition coefficient (Wildman–Crippen LogP) is 6.87. The molecule has 0 spiro atoms. The van der Waals surface area contributed by atoms with Crippen LogP contribution in [0.15, 0.2) is 73.3 Å². The maximum atomic E-state index is 13.4. The molecule has 9 nitrogen and oxygen atoms in total. The second-order valence-electron chi connectivity index (χ2n) is 13.3. The van der Waals surface area contributed by atoms with E-state index in [1.807, 2.05) is 83.1 Å². The van der Waals surface area contributed by atoms with Crippen molar-refractivity contribution < 1.29 is 38.0 Å². The van der Waals surface area contributed by atoms with Gasteiger partial charge in [0.05, 0.1) is 52.2 Å². The predicted molar refractivity (Wildman–Crippen MR) is 176 cm³/mol. The van der Waals surface area contributed by atoms with Gasteiger partial charge in [-0.05, 0) is 75.4 Å². The average molecular weight is 634 g/mol. The van der Waals surface area contributed by atoms with Gasteiger partial charge in [0.15, 0.2) is 5.79 Å². The molecular weight excluding hydrogens is 586 g/mol. The summed E-state index contributed by atoms with van der Waals surface area (Å²) in [5.74, 6) is 0.651. The highest BCUT2D eigenvalue weighted by atomic mass is 16.7. The number of carbonyl (C=O) groups excluding carboxylic acids is 1. The van der Waals surface area contributed by atoms with E-state index in [1.165, 1.54) is 0 Å². The summed E-state index contributed by atoms with van der Waals surface area (Å²) in [6.07, 6.45) is 0.249. The van der Waals surface area contributed by atoms with Crippen molar-refractivity contribution in [3.8, 4) is 11.5 Å². The molecule has 2 aliphatic heterocycles. The standard InChI is InChI=1S/C37H47NO8/c1-8-17-41-28-15-13-26(14-16-28)34-32(42-22-25-18-27-11-9-10-12-30(27)31(19-25)40-7)20-38(35(39)46-36(2,3)4)21-33(34)43-23-29-24-44-37(5,6)45-29/h8-16,18-19,29,32-34H,1,17,20-24H2,2-7H3/t29?,32-,33+,34+/m0/s1. The summed E-state index contributed by atoms with van der Waals surface area (Å²) in [5.41, 5.74) is 1.34. The van der Waals surface area contributed by atoms with E-state index >= 15 is 0 Å². The van der Waals surface area contributed by atoms with Gasteiger partial charge in [-0.1, -0.05) is 49.1 Å². The molecule has 3 aromatic carbocycles. The van der Waals surface area contributed by atoms with Crippen molar-refractivity contribution >= 4 is 16.9 Å². The summed E-state index contributed by atoms with van der Waals surface area (Å²) in [4.78, 5) is 15.1. The summed E-state index contributed by atoms with van der Waals surface area (Å²) in [6, 6.07) is 20.2. The Labute approximate surface area is 272 Å². The Kier molecular flexibility index (Phi) is 10.6. The van der Waals surface area contributed by atoms with Crippen molar-refractivity contribution in [1.29, 1.82) is 0 Å². The summed E-state index contributed by atoms with van der Waals surface area (Å²) in [5, 5.41) is 2.10. The van der Waals surface area contributed by atoms with Crippen LogP contribution in [0.2, 0.25) is 0 Å². The van der Waals surface area contributed by atoms with Crippen LogP contribution in [0.5, 0.6) is 11.5 Å². The topological polar surface area (TPSA) is 84.9 Å². The van der Waals surface area contributed by atoms with Gasteiger partial charge in [-0.3, -0.25) is 0 Å². The van der Waals surface area contributed by atoms with Crippen molar-refractivity contribution in [1.82, 2.24) is 4.90 Å². The van der Waals surface area contributed by atoms with E-state index < -0.39 is 29.7 Å². The Morgan fingerprint density at radius 2 is 1.76 bits per heavy atom. The van der Waals surface area contributed by atoms with Crippen LogP contribution in [0.3, 0.4) is 0 Å². The molecule has 3 aromatic rings. The minimum Gasteiger partial charge on any atom is -0.496 e. The SMILES string of the molecule is C=CCOc1ccc([C@@H]2[C@@H](OCc3cc(OC)c4ccccc4c3)CN(C(=O)OC(C)(C)C)C[C@H]2OCC2COC(C)(C)O2)cc1. The highest BCUT2D eigenvalue weighted by Crippen LogP contribution is 2.36. The molecule has 2 aliphatic rings. The van der Waals surface area contributed by atoms with Crippen LogP contribution < -0.4 is 9.47 Å². The number of rotatable bonds is 11. The first kappa shape index (κ1) is 33.7. The Morgan fingerprint density at radius 1 is 1.04 bits per heavy atom. The molecule has 0 aromatic heterocycles. The lowest BCUT2D eigenvalue weighted by atomic mass is 9.84. The Bertz CT molecular complexity index is 1480. The number of nitrogens with zero attached hydrogens (tertiary/aromatic N) is 1. The van der Waals surface area contributed by atoms with E-state index in [0.29, 0.717) is 39.5 Å². The molecule has 0 aliphatic carbocycles. The normalized spacial score (nSPS) is 22.9. The third kappa shape index (κ3) is 8.59. The number of carbonyl (C=O) groups is 1. The van der Waals surface area contributed by atoms with Crippen LogP contribution in [0, 0.1) is 0 Å². The van der Waals surface area contributed by atoms with Crippen LogP contribution in [-0.4, -0.2) is 80.7 Å². The summed E-state index contributed by atoms with van der Waals surface area (Å²) >= 11 is 0. The highest BCUT2D eigenvalue weighted by molar-refractivity contribution is 5.89. The number of amides is 1. The van der Waals surface area contributed by atoms with Crippen LogP contribution in [0.25, 0.3) is 10.8 Å². The number of benzene rings is 3. The molecule has 2 fully saturated rings. The zero-order valence-electron chi connectivity index (χ0n) is 27.8. The van der Waals surface area contributed by atoms with Crippen LogP contribution in [0.4, 0.5) is 4.79 Å². The maximum Gasteiger partial charge on any atom is 0.410 e. The van der Waals surface area contributed by atoms with Crippen molar-refractivity contribution in [2.45, 2.75) is 76.8 Å². The fraction of sp³-hybridized carbons (Fsp3) is 0.486. The number of ether oxygens (including phenoxy) is 7. The molecule has 1 unspecified atom stereocenters. The molecule has 1 amide bonds. The van der Waals surface area contributed by atoms with Crippen molar-refractivity contribution in [2.75, 3.05) is 40.0 Å². The molecule has 4 atom stereocenters. The maximum absolute atomic E-state index is 13.4. The number of hydrogen-bond donors (Lipinski definition) is 0. The summed E-state index contributed by atoms with van der Waals surface area (Å²) < 4.78 is 42.4. The molecule has 0 N–H and O–H groups in total. The minimum atomic E-state index is -0.670. The second-order valence-corrected chi connectivity index (χ2v) is 13.3. The molecule has 248 valence electrons. The van der Waals surface area contributed by atoms with E-state index in [0.717, 1.165) is 33.4 Å². The molecule has 0 saturated carbocycles. The van der Waals surface area contributed by atoms with Gasteiger partial charge in [0.25, 0.3) is 0 Å². The number of likely N-dealkylation sites (tertiary alicyclic amines) is 1. The van der Waals surface area contributed by atoms with Gasteiger partial charge >= 0.3 is 6.09 Å². The molecular formula is C37H47NO8. The minimum absolute atomic E-state index is 0.204. The van der Waals surface area contributed by atoms with Crippen LogP contribution in [-0.2, 0) is 30.3 Å². The zero-order chi connectivity index (χ0) is 32.9. The largest absolute Gasteiger partial charge is 0.496 e. The van der Waals surface area contributed by atoms with E-state index in [4.69, 9.17) is 33.2 Å². The van der Waals surface area contributed by atoms with Gasteiger partial charge in [-0.25, -0.2) is 4.79 Å². The van der Waals surface area contributed by atoms with Crippen molar-refractivity contribution in [3.63, 3.8) is 0 Å².